The second-order valence-corrected chi connectivity index (χ2v) is 8.86. The molecule has 0 atom stereocenters. The number of hydrogen-bond acceptors (Lipinski definition) is 8. The Kier molecular flexibility index (Phi) is 6.08. The maximum atomic E-state index is 5.79. The molecule has 0 unspecified atom stereocenters. The SMILES string of the molecule is CCOc1ccccc1-c1noc(CSc2nnc(-c3ccc(C(C)(C)C)cc3)o2)n1. The highest BCUT2D eigenvalue weighted by Gasteiger charge is 2.17. The van der Waals surface area contributed by atoms with Gasteiger partial charge in [-0.05, 0) is 42.2 Å². The fourth-order valence-corrected chi connectivity index (χ4v) is 3.58. The monoisotopic (exact) mass is 436 g/mol. The number of hydrogen-bond donors (Lipinski definition) is 0. The van der Waals surface area contributed by atoms with Crippen LogP contribution in [-0.4, -0.2) is 26.9 Å². The molecule has 160 valence electrons. The molecule has 31 heavy (non-hydrogen) atoms. The first-order valence-corrected chi connectivity index (χ1v) is 11.0. The Labute approximate surface area is 185 Å². The Morgan fingerprint density at radius 1 is 1.00 bits per heavy atom. The summed E-state index contributed by atoms with van der Waals surface area (Å²) in [6, 6.07) is 15.8. The summed E-state index contributed by atoms with van der Waals surface area (Å²) in [5, 5.41) is 12.8. The highest BCUT2D eigenvalue weighted by molar-refractivity contribution is 7.98. The van der Waals surface area contributed by atoms with Crippen molar-refractivity contribution in [3.05, 3.63) is 60.0 Å². The van der Waals surface area contributed by atoms with Crippen molar-refractivity contribution in [3.63, 3.8) is 0 Å². The van der Waals surface area contributed by atoms with Gasteiger partial charge < -0.3 is 13.7 Å². The smallest absolute Gasteiger partial charge is 0.277 e. The van der Waals surface area contributed by atoms with Crippen molar-refractivity contribution in [1.29, 1.82) is 0 Å². The van der Waals surface area contributed by atoms with Crippen LogP contribution in [0.1, 0.15) is 39.1 Å². The first-order valence-electron chi connectivity index (χ1n) is 10.1. The molecule has 4 rings (SSSR count). The molecule has 2 heterocycles. The molecule has 4 aromatic rings. The molecule has 0 bridgehead atoms. The van der Waals surface area contributed by atoms with Gasteiger partial charge in [-0.2, -0.15) is 4.98 Å². The zero-order valence-corrected chi connectivity index (χ0v) is 18.8. The zero-order valence-electron chi connectivity index (χ0n) is 18.0. The van der Waals surface area contributed by atoms with E-state index in [2.05, 4.69) is 53.2 Å². The minimum atomic E-state index is 0.0977. The van der Waals surface area contributed by atoms with Crippen LogP contribution in [0.4, 0.5) is 0 Å². The van der Waals surface area contributed by atoms with Crippen LogP contribution in [0.15, 0.2) is 62.7 Å². The summed E-state index contributed by atoms with van der Waals surface area (Å²) in [5.41, 5.74) is 3.03. The number of thioether (sulfide) groups is 1. The molecule has 0 fully saturated rings. The molecule has 0 radical (unpaired) electrons. The molecule has 0 aliphatic carbocycles. The van der Waals surface area contributed by atoms with Gasteiger partial charge in [-0.15, -0.1) is 10.2 Å². The van der Waals surface area contributed by atoms with Crippen LogP contribution >= 0.6 is 11.8 Å². The fourth-order valence-electron chi connectivity index (χ4n) is 2.98. The molecule has 2 aromatic carbocycles. The third-order valence-corrected chi connectivity index (χ3v) is 5.42. The van der Waals surface area contributed by atoms with E-state index in [0.717, 1.165) is 16.9 Å². The van der Waals surface area contributed by atoms with Gasteiger partial charge in [0.05, 0.1) is 17.9 Å². The summed E-state index contributed by atoms with van der Waals surface area (Å²) in [6.45, 7) is 9.05. The average molecular weight is 437 g/mol. The quantitative estimate of drug-likeness (QED) is 0.337. The van der Waals surface area contributed by atoms with Gasteiger partial charge in [0.15, 0.2) is 0 Å². The summed E-state index contributed by atoms with van der Waals surface area (Å²) < 4.78 is 16.8. The van der Waals surface area contributed by atoms with Gasteiger partial charge in [-0.3, -0.25) is 0 Å². The summed E-state index contributed by atoms with van der Waals surface area (Å²) in [6.07, 6.45) is 0. The number of rotatable bonds is 7. The van der Waals surface area contributed by atoms with E-state index in [-0.39, 0.29) is 5.41 Å². The average Bonchev–Trinajstić information content (AvgIpc) is 3.42. The lowest BCUT2D eigenvalue weighted by molar-refractivity contribution is 0.341. The van der Waals surface area contributed by atoms with E-state index in [1.807, 2.05) is 43.3 Å². The van der Waals surface area contributed by atoms with Crippen LogP contribution in [0.3, 0.4) is 0 Å². The lowest BCUT2D eigenvalue weighted by Gasteiger charge is -2.18. The van der Waals surface area contributed by atoms with Gasteiger partial charge in [-0.1, -0.05) is 62.0 Å². The molecule has 7 nitrogen and oxygen atoms in total. The van der Waals surface area contributed by atoms with Crippen LogP contribution in [0.25, 0.3) is 22.8 Å². The summed E-state index contributed by atoms with van der Waals surface area (Å²) in [5.74, 6) is 2.60. The molecular weight excluding hydrogens is 412 g/mol. The minimum absolute atomic E-state index is 0.0977. The molecule has 0 saturated carbocycles. The van der Waals surface area contributed by atoms with E-state index >= 15 is 0 Å². The molecular formula is C23H24N4O3S. The molecule has 0 aliphatic heterocycles. The fraction of sp³-hybridized carbons (Fsp3) is 0.304. The third-order valence-electron chi connectivity index (χ3n) is 4.62. The molecule has 0 spiro atoms. The van der Waals surface area contributed by atoms with Crippen molar-refractivity contribution < 1.29 is 13.7 Å². The van der Waals surface area contributed by atoms with Gasteiger partial charge in [0.2, 0.25) is 17.6 Å². The highest BCUT2D eigenvalue weighted by atomic mass is 32.2. The highest BCUT2D eigenvalue weighted by Crippen LogP contribution is 2.30. The summed E-state index contributed by atoms with van der Waals surface area (Å²) in [7, 11) is 0. The van der Waals surface area contributed by atoms with Gasteiger partial charge >= 0.3 is 0 Å². The Balaban J connectivity index is 1.42. The van der Waals surface area contributed by atoms with Crippen molar-refractivity contribution in [2.75, 3.05) is 6.61 Å². The number of para-hydroxylation sites is 1. The second kappa shape index (κ2) is 8.93. The molecule has 0 saturated heterocycles. The number of ether oxygens (including phenoxy) is 1. The van der Waals surface area contributed by atoms with Gasteiger partial charge in [-0.25, -0.2) is 0 Å². The summed E-state index contributed by atoms with van der Waals surface area (Å²) >= 11 is 1.35. The van der Waals surface area contributed by atoms with Crippen molar-refractivity contribution in [3.8, 4) is 28.6 Å². The predicted molar refractivity (Wildman–Crippen MR) is 119 cm³/mol. The minimum Gasteiger partial charge on any atom is -0.493 e. The van der Waals surface area contributed by atoms with E-state index in [1.165, 1.54) is 17.3 Å². The van der Waals surface area contributed by atoms with Crippen LogP contribution in [0, 0.1) is 0 Å². The van der Waals surface area contributed by atoms with Crippen molar-refractivity contribution in [1.82, 2.24) is 20.3 Å². The van der Waals surface area contributed by atoms with Crippen LogP contribution in [0.5, 0.6) is 5.75 Å². The second-order valence-electron chi connectivity index (χ2n) is 7.93. The zero-order chi connectivity index (χ0) is 21.8. The topological polar surface area (TPSA) is 87.1 Å². The van der Waals surface area contributed by atoms with E-state index < -0.39 is 0 Å². The number of aromatic nitrogens is 4. The number of nitrogens with zero attached hydrogens (tertiary/aromatic N) is 4. The maximum Gasteiger partial charge on any atom is 0.277 e. The maximum absolute atomic E-state index is 5.79. The Hall–Kier alpha value is -3.13. The van der Waals surface area contributed by atoms with Crippen LogP contribution in [0.2, 0.25) is 0 Å². The summed E-state index contributed by atoms with van der Waals surface area (Å²) in [4.78, 5) is 4.47. The van der Waals surface area contributed by atoms with Crippen molar-refractivity contribution in [2.24, 2.45) is 0 Å². The van der Waals surface area contributed by atoms with E-state index in [1.54, 1.807) is 0 Å². The predicted octanol–water partition coefficient (Wildman–Crippen LogP) is 5.78. The molecule has 0 N–H and O–H groups in total. The van der Waals surface area contributed by atoms with Gasteiger partial charge in [0, 0.05) is 5.56 Å². The van der Waals surface area contributed by atoms with Crippen LogP contribution < -0.4 is 4.74 Å². The van der Waals surface area contributed by atoms with Gasteiger partial charge in [0.25, 0.3) is 5.22 Å². The normalized spacial score (nSPS) is 11.6. The standard InChI is InChI=1S/C23H24N4O3S/c1-5-28-18-9-7-6-8-17(18)20-24-19(30-27-20)14-31-22-26-25-21(29-22)15-10-12-16(13-11-15)23(2,3)4/h6-13H,5,14H2,1-4H3. The lowest BCUT2D eigenvalue weighted by Crippen LogP contribution is -2.10. The lowest BCUT2D eigenvalue weighted by atomic mass is 9.87. The Bertz CT molecular complexity index is 1150. The number of benzene rings is 2. The molecule has 8 heteroatoms. The molecule has 2 aromatic heterocycles. The van der Waals surface area contributed by atoms with Gasteiger partial charge in [0.1, 0.15) is 5.75 Å². The van der Waals surface area contributed by atoms with E-state index in [0.29, 0.717) is 35.2 Å². The first-order chi connectivity index (χ1) is 14.9. The van der Waals surface area contributed by atoms with Crippen LogP contribution in [-0.2, 0) is 11.2 Å². The van der Waals surface area contributed by atoms with E-state index in [9.17, 15) is 0 Å². The Morgan fingerprint density at radius 2 is 1.77 bits per heavy atom. The van der Waals surface area contributed by atoms with Crippen molar-refractivity contribution >= 4 is 11.8 Å². The van der Waals surface area contributed by atoms with E-state index in [4.69, 9.17) is 13.7 Å². The largest absolute Gasteiger partial charge is 0.493 e. The first kappa shape index (κ1) is 21.1. The third kappa shape index (κ3) is 4.96. The molecule has 0 amide bonds. The Morgan fingerprint density at radius 3 is 2.52 bits per heavy atom. The van der Waals surface area contributed by atoms with Crippen molar-refractivity contribution in [2.45, 2.75) is 44.1 Å². The molecule has 0 aliphatic rings.